The predicted molar refractivity (Wildman–Crippen MR) is 130 cm³/mol. The Morgan fingerprint density at radius 1 is 1.03 bits per heavy atom. The van der Waals surface area contributed by atoms with Crippen LogP contribution in [0, 0.1) is 6.92 Å². The second-order valence-electron chi connectivity index (χ2n) is 6.62. The highest BCUT2D eigenvalue weighted by Crippen LogP contribution is 2.26. The Morgan fingerprint density at radius 3 is 2.42 bits per heavy atom. The van der Waals surface area contributed by atoms with E-state index < -0.39 is 22.5 Å². The number of benzene rings is 3. The van der Waals surface area contributed by atoms with Gasteiger partial charge in [-0.25, -0.2) is 13.8 Å². The number of hydrogen-bond donors (Lipinski definition) is 1. The molecule has 0 spiro atoms. The molecule has 9 heteroatoms. The molecule has 31 heavy (non-hydrogen) atoms. The van der Waals surface area contributed by atoms with Gasteiger partial charge in [0.05, 0.1) is 16.8 Å². The molecule has 1 amide bonds. The highest BCUT2D eigenvalue weighted by Gasteiger charge is 2.27. The average molecular weight is 565 g/mol. The molecule has 0 fully saturated rings. The van der Waals surface area contributed by atoms with Gasteiger partial charge in [-0.3, -0.25) is 9.10 Å². The summed E-state index contributed by atoms with van der Waals surface area (Å²) in [5.41, 5.74) is 4.47. The first-order valence-corrected chi connectivity index (χ1v) is 12.2. The summed E-state index contributed by atoms with van der Waals surface area (Å²) in [5.74, 6) is -0.570. The van der Waals surface area contributed by atoms with Crippen LogP contribution in [-0.4, -0.2) is 27.1 Å². The Labute approximate surface area is 198 Å². The lowest BCUT2D eigenvalue weighted by molar-refractivity contribution is -0.119. The number of anilines is 1. The maximum absolute atomic E-state index is 13.3. The molecule has 0 radical (unpaired) electrons. The van der Waals surface area contributed by atoms with Gasteiger partial charge >= 0.3 is 0 Å². The third-order valence-electron chi connectivity index (χ3n) is 4.29. The fraction of sp³-hybridized carbons (Fsp3) is 0.0909. The van der Waals surface area contributed by atoms with Gasteiger partial charge in [-0.2, -0.15) is 5.10 Å². The van der Waals surface area contributed by atoms with Gasteiger partial charge in [0.25, 0.3) is 15.9 Å². The number of aryl methyl sites for hydroxylation is 1. The van der Waals surface area contributed by atoms with E-state index >= 15 is 0 Å². The van der Waals surface area contributed by atoms with E-state index in [9.17, 15) is 13.2 Å². The Morgan fingerprint density at radius 2 is 1.74 bits per heavy atom. The molecule has 0 aliphatic heterocycles. The van der Waals surface area contributed by atoms with Crippen molar-refractivity contribution in [3.05, 3.63) is 92.9 Å². The lowest BCUT2D eigenvalue weighted by atomic mass is 10.2. The number of hydrogen-bond acceptors (Lipinski definition) is 4. The van der Waals surface area contributed by atoms with Crippen LogP contribution in [0.5, 0.6) is 0 Å². The summed E-state index contributed by atoms with van der Waals surface area (Å²) in [6, 6.07) is 20.6. The first-order valence-electron chi connectivity index (χ1n) is 9.19. The minimum absolute atomic E-state index is 0.0996. The molecule has 6 nitrogen and oxygen atoms in total. The van der Waals surface area contributed by atoms with E-state index in [-0.39, 0.29) is 4.90 Å². The van der Waals surface area contributed by atoms with Crippen LogP contribution in [0.1, 0.15) is 11.1 Å². The molecule has 1 N–H and O–H groups in total. The number of carbonyl (C=O) groups excluding carboxylic acids is 1. The Kier molecular flexibility index (Phi) is 7.64. The van der Waals surface area contributed by atoms with Crippen LogP contribution < -0.4 is 9.73 Å². The number of nitrogens with one attached hydrogen (secondary N) is 1. The van der Waals surface area contributed by atoms with E-state index in [4.69, 9.17) is 0 Å². The molecule has 160 valence electrons. The molecule has 0 heterocycles. The van der Waals surface area contributed by atoms with Crippen molar-refractivity contribution in [3.63, 3.8) is 0 Å². The second-order valence-corrected chi connectivity index (χ2v) is 10.3. The van der Waals surface area contributed by atoms with Gasteiger partial charge in [0.15, 0.2) is 0 Å². The van der Waals surface area contributed by atoms with Gasteiger partial charge in [-0.05, 0) is 43.3 Å². The maximum Gasteiger partial charge on any atom is 0.264 e. The van der Waals surface area contributed by atoms with Gasteiger partial charge in [0, 0.05) is 14.5 Å². The summed E-state index contributed by atoms with van der Waals surface area (Å²) in [6.45, 7) is 1.44. The number of rotatable bonds is 7. The van der Waals surface area contributed by atoms with Crippen molar-refractivity contribution in [3.8, 4) is 0 Å². The van der Waals surface area contributed by atoms with Crippen LogP contribution in [0.2, 0.25) is 0 Å². The number of carbonyl (C=O) groups is 1. The molecule has 0 bridgehead atoms. The fourth-order valence-electron chi connectivity index (χ4n) is 2.70. The minimum atomic E-state index is -3.97. The number of hydrazone groups is 1. The van der Waals surface area contributed by atoms with Crippen molar-refractivity contribution >= 4 is 59.7 Å². The third kappa shape index (κ3) is 6.03. The zero-order chi connectivity index (χ0) is 22.4. The fourth-order valence-corrected chi connectivity index (χ4v) is 4.89. The first-order chi connectivity index (χ1) is 14.8. The molecule has 0 unspecified atom stereocenters. The van der Waals surface area contributed by atoms with Crippen LogP contribution in [0.4, 0.5) is 5.69 Å². The Hall–Kier alpha value is -2.49. The van der Waals surface area contributed by atoms with Gasteiger partial charge in [-0.15, -0.1) is 0 Å². The van der Waals surface area contributed by atoms with E-state index in [2.05, 4.69) is 42.4 Å². The van der Waals surface area contributed by atoms with Crippen LogP contribution in [-0.2, 0) is 14.8 Å². The quantitative estimate of drug-likeness (QED) is 0.328. The van der Waals surface area contributed by atoms with Crippen molar-refractivity contribution in [2.45, 2.75) is 11.8 Å². The summed E-state index contributed by atoms with van der Waals surface area (Å²) < 4.78 is 29.2. The highest BCUT2D eigenvalue weighted by atomic mass is 79.9. The second kappa shape index (κ2) is 10.2. The molecule has 0 atom stereocenters. The number of halogens is 2. The van der Waals surface area contributed by atoms with E-state index in [1.807, 2.05) is 31.2 Å². The van der Waals surface area contributed by atoms with Crippen molar-refractivity contribution in [2.75, 3.05) is 10.8 Å². The van der Waals surface area contributed by atoms with Gasteiger partial charge in [0.2, 0.25) is 0 Å². The highest BCUT2D eigenvalue weighted by molar-refractivity contribution is 9.10. The zero-order valence-corrected chi connectivity index (χ0v) is 20.5. The Balaban J connectivity index is 1.86. The monoisotopic (exact) mass is 563 g/mol. The van der Waals surface area contributed by atoms with Crippen LogP contribution in [0.25, 0.3) is 0 Å². The normalized spacial score (nSPS) is 11.5. The molecule has 0 aromatic heterocycles. The maximum atomic E-state index is 13.3. The summed E-state index contributed by atoms with van der Waals surface area (Å²) in [4.78, 5) is 12.7. The molecule has 0 aliphatic rings. The standard InChI is InChI=1S/C22H19Br2N3O3S/c1-16-9-11-20(12-10-16)31(29,30)27(19-7-4-6-18(23)13-19)15-22(28)26-25-14-17-5-2-3-8-21(17)24/h2-14H,15H2,1H3,(H,26,28)/b25-14-. The zero-order valence-electron chi connectivity index (χ0n) is 16.5. The van der Waals surface area contributed by atoms with E-state index in [0.717, 1.165) is 19.9 Å². The van der Waals surface area contributed by atoms with E-state index in [1.54, 1.807) is 36.4 Å². The summed E-state index contributed by atoms with van der Waals surface area (Å²) >= 11 is 6.76. The molecular formula is C22H19Br2N3O3S. The lowest BCUT2D eigenvalue weighted by Gasteiger charge is -2.24. The predicted octanol–water partition coefficient (Wildman–Crippen LogP) is 4.87. The topological polar surface area (TPSA) is 78.8 Å². The van der Waals surface area contributed by atoms with Gasteiger partial charge < -0.3 is 0 Å². The van der Waals surface area contributed by atoms with Crippen LogP contribution >= 0.6 is 31.9 Å². The molecule has 3 aromatic rings. The number of nitrogens with zero attached hydrogens (tertiary/aromatic N) is 2. The summed E-state index contributed by atoms with van der Waals surface area (Å²) in [7, 11) is -3.97. The minimum Gasteiger partial charge on any atom is -0.271 e. The smallest absolute Gasteiger partial charge is 0.264 e. The van der Waals surface area contributed by atoms with Crippen molar-refractivity contribution in [1.82, 2.24) is 5.43 Å². The molecule has 0 aliphatic carbocycles. The summed E-state index contributed by atoms with van der Waals surface area (Å²) in [6.07, 6.45) is 1.49. The van der Waals surface area contributed by atoms with Crippen LogP contribution in [0.15, 0.2) is 91.7 Å². The number of sulfonamides is 1. The SMILES string of the molecule is Cc1ccc(S(=O)(=O)N(CC(=O)N/N=C\c2ccccc2Br)c2cccc(Br)c2)cc1. The van der Waals surface area contributed by atoms with Crippen molar-refractivity contribution < 1.29 is 13.2 Å². The first kappa shape index (κ1) is 23.2. The molecule has 0 saturated heterocycles. The Bertz CT molecular complexity index is 1210. The van der Waals surface area contributed by atoms with E-state index in [1.165, 1.54) is 18.3 Å². The van der Waals surface area contributed by atoms with Crippen molar-refractivity contribution in [2.24, 2.45) is 5.10 Å². The van der Waals surface area contributed by atoms with Crippen molar-refractivity contribution in [1.29, 1.82) is 0 Å². The van der Waals surface area contributed by atoms with Crippen LogP contribution in [0.3, 0.4) is 0 Å². The van der Waals surface area contributed by atoms with Gasteiger partial charge in [-0.1, -0.05) is 73.8 Å². The molecule has 0 saturated carbocycles. The average Bonchev–Trinajstić information content (AvgIpc) is 2.73. The third-order valence-corrected chi connectivity index (χ3v) is 7.29. The largest absolute Gasteiger partial charge is 0.271 e. The van der Waals surface area contributed by atoms with Gasteiger partial charge in [0.1, 0.15) is 6.54 Å². The summed E-state index contributed by atoms with van der Waals surface area (Å²) in [5, 5.41) is 3.95. The molecule has 3 aromatic carbocycles. The molecular weight excluding hydrogens is 546 g/mol. The lowest BCUT2D eigenvalue weighted by Crippen LogP contribution is -2.39. The van der Waals surface area contributed by atoms with E-state index in [0.29, 0.717) is 10.2 Å². The number of amides is 1. The molecule has 3 rings (SSSR count).